The third kappa shape index (κ3) is 11.5. The lowest BCUT2D eigenvalue weighted by Crippen LogP contribution is -2.82. The van der Waals surface area contributed by atoms with Crippen molar-refractivity contribution in [1.82, 2.24) is 5.32 Å². The van der Waals surface area contributed by atoms with E-state index in [1.165, 1.54) is 32.9 Å². The van der Waals surface area contributed by atoms with E-state index < -0.39 is 142 Å². The summed E-state index contributed by atoms with van der Waals surface area (Å²) in [5.41, 5.74) is -7.96. The molecule has 6 saturated carbocycles. The first kappa shape index (κ1) is 72.9. The summed E-state index contributed by atoms with van der Waals surface area (Å²) in [4.78, 5) is 116. The van der Waals surface area contributed by atoms with Crippen molar-refractivity contribution in [2.24, 2.45) is 67.0 Å². The van der Waals surface area contributed by atoms with Gasteiger partial charge in [0.1, 0.15) is 30.0 Å². The number of carbonyl (C=O) groups is 8. The lowest BCUT2D eigenvalue weighted by Gasteiger charge is -2.70. The highest BCUT2D eigenvalue weighted by atomic mass is 16.6. The van der Waals surface area contributed by atoms with Crippen molar-refractivity contribution >= 4 is 47.3 Å². The Kier molecular flexibility index (Phi) is 18.8. The van der Waals surface area contributed by atoms with Crippen LogP contribution in [0.4, 0.5) is 0 Å². The number of hydrogen-bond acceptors (Lipinski definition) is 18. The Balaban J connectivity index is 0.889. The lowest BCUT2D eigenvalue weighted by atomic mass is 9.33. The maximum absolute atomic E-state index is 15.9. The molecule has 1 saturated heterocycles. The molecule has 19 nitrogen and oxygen atoms in total. The van der Waals surface area contributed by atoms with Gasteiger partial charge >= 0.3 is 29.8 Å². The molecule has 4 N–H and O–H groups in total. The van der Waals surface area contributed by atoms with Gasteiger partial charge in [-0.25, -0.2) is 4.79 Å². The van der Waals surface area contributed by atoms with Gasteiger partial charge in [-0.3, -0.25) is 33.6 Å². The van der Waals surface area contributed by atoms with Crippen LogP contribution in [0.5, 0.6) is 0 Å². The first-order chi connectivity index (χ1) is 46.9. The molecule has 2 bridgehead atoms. The molecule has 1 amide bonds. The van der Waals surface area contributed by atoms with Crippen molar-refractivity contribution in [2.75, 3.05) is 13.2 Å². The van der Waals surface area contributed by atoms with Crippen LogP contribution in [0, 0.1) is 67.0 Å². The smallest absolute Gasteiger partial charge is 0.338 e. The number of carbonyl (C=O) groups excluding carboxylic acids is 8. The summed E-state index contributed by atoms with van der Waals surface area (Å²) in [5.74, 6) is -6.22. The standard InChI is InChI=1S/C81H103NO18/c1-45-56(43-81(93)68(99-70(91)51-28-22-17-23-29-51)66-79(14,58(88)41-60-80(66,44-95-60)100-48(4)85)67(89)64(97-47(3)84)61(45)73(81,7)8)94-39-32-54(86)63(62(49-24-18-15-19-25-49)82-69(90)50-26-20-16-21-27-50)98-71(92)75(10)36-35-74(9)37-38-77(12)52(53(74)42-75)40-55(87)65-76(11)33-31-59(96-46(2)83)72(5,6)57(76)30-34-78(65,77)13/h15-29,40,53,56-60,62-68,88-89,93H,30-39,41-44H2,1-14H3,(H,82,90)/t53-,56-,57-,58-,59-,60?,62?,63?,64+,65+,66?,67?,68-,74+,75-,76-,77+,78+,79+,80-,81?/m0/s1. The van der Waals surface area contributed by atoms with Crippen LogP contribution in [0.25, 0.3) is 0 Å². The number of allylic oxidation sites excluding steroid dienone is 2. The number of aliphatic hydroxyl groups excluding tert-OH is 2. The van der Waals surface area contributed by atoms with Crippen LogP contribution < -0.4 is 5.32 Å². The molecule has 6 unspecified atom stereocenters. The average molecular weight is 1380 g/mol. The first-order valence-electron chi connectivity index (χ1n) is 36.1. The van der Waals surface area contributed by atoms with Crippen LogP contribution in [0.15, 0.2) is 114 Å². The van der Waals surface area contributed by atoms with Gasteiger partial charge in [0, 0.05) is 67.8 Å². The monoisotopic (exact) mass is 1380 g/mol. The Morgan fingerprint density at radius 3 is 1.94 bits per heavy atom. The van der Waals surface area contributed by atoms with Crippen LogP contribution in [-0.4, -0.2) is 136 Å². The van der Waals surface area contributed by atoms with Gasteiger partial charge in [0.25, 0.3) is 5.91 Å². The minimum absolute atomic E-state index is 0.108. The molecule has 540 valence electrons. The van der Waals surface area contributed by atoms with Crippen molar-refractivity contribution in [3.63, 3.8) is 0 Å². The van der Waals surface area contributed by atoms with E-state index in [4.69, 9.17) is 33.2 Å². The summed E-state index contributed by atoms with van der Waals surface area (Å²) >= 11 is 0. The molecule has 8 aliphatic carbocycles. The fraction of sp³-hybridized carbons (Fsp3) is 0.630. The third-order valence-corrected chi connectivity index (χ3v) is 27.7. The fourth-order valence-corrected chi connectivity index (χ4v) is 21.9. The highest BCUT2D eigenvalue weighted by molar-refractivity contribution is 5.97. The molecule has 0 aromatic heterocycles. The Labute approximate surface area is 587 Å². The largest absolute Gasteiger partial charge is 0.462 e. The van der Waals surface area contributed by atoms with Gasteiger partial charge in [-0.05, 0) is 152 Å². The zero-order valence-corrected chi connectivity index (χ0v) is 60.6. The van der Waals surface area contributed by atoms with Crippen LogP contribution in [0.3, 0.4) is 0 Å². The molecule has 100 heavy (non-hydrogen) atoms. The second-order valence-electron chi connectivity index (χ2n) is 33.8. The maximum atomic E-state index is 15.9. The Hall–Kier alpha value is -6.90. The number of rotatable bonds is 16. The number of ketones is 2. The van der Waals surface area contributed by atoms with Crippen LogP contribution >= 0.6 is 0 Å². The quantitative estimate of drug-likeness (QED) is 0.0589. The maximum Gasteiger partial charge on any atom is 0.338 e. The van der Waals surface area contributed by atoms with Crippen molar-refractivity contribution in [3.8, 4) is 0 Å². The zero-order chi connectivity index (χ0) is 72.5. The van der Waals surface area contributed by atoms with E-state index in [1.807, 2.05) is 13.0 Å². The third-order valence-electron chi connectivity index (χ3n) is 27.7. The van der Waals surface area contributed by atoms with Gasteiger partial charge in [-0.1, -0.05) is 135 Å². The Bertz CT molecular complexity index is 3810. The highest BCUT2D eigenvalue weighted by Gasteiger charge is 2.79. The summed E-state index contributed by atoms with van der Waals surface area (Å²) in [6.45, 7) is 25.3. The molecule has 21 atom stereocenters. The number of ether oxygens (including phenoxy) is 7. The van der Waals surface area contributed by atoms with Crippen LogP contribution in [-0.2, 0) is 61.9 Å². The molecular weight excluding hydrogens is 1270 g/mol. The van der Waals surface area contributed by atoms with E-state index in [2.05, 4.69) is 46.9 Å². The predicted octanol–water partition coefficient (Wildman–Crippen LogP) is 11.4. The number of nitrogens with one attached hydrogen (secondary N) is 1. The minimum atomic E-state index is -2.29. The van der Waals surface area contributed by atoms with E-state index in [0.717, 1.165) is 37.7 Å². The van der Waals surface area contributed by atoms with Gasteiger partial charge < -0.3 is 53.8 Å². The van der Waals surface area contributed by atoms with E-state index in [-0.39, 0.29) is 82.4 Å². The lowest BCUT2D eigenvalue weighted by molar-refractivity contribution is -0.365. The minimum Gasteiger partial charge on any atom is -0.462 e. The molecule has 9 aliphatic rings. The summed E-state index contributed by atoms with van der Waals surface area (Å²) in [7, 11) is 0. The van der Waals surface area contributed by atoms with Gasteiger partial charge in [0.2, 0.25) is 0 Å². The van der Waals surface area contributed by atoms with E-state index in [9.17, 15) is 39.3 Å². The summed E-state index contributed by atoms with van der Waals surface area (Å²) in [5, 5.41) is 43.0. The van der Waals surface area contributed by atoms with Crippen molar-refractivity contribution < 1.29 is 86.8 Å². The van der Waals surface area contributed by atoms with Crippen LogP contribution in [0.2, 0.25) is 0 Å². The second kappa shape index (κ2) is 25.8. The number of benzene rings is 3. The van der Waals surface area contributed by atoms with Crippen molar-refractivity contribution in [3.05, 3.63) is 130 Å². The summed E-state index contributed by atoms with van der Waals surface area (Å²) in [6.07, 6.45) is -3.50. The Morgan fingerprint density at radius 2 is 1.33 bits per heavy atom. The molecule has 12 rings (SSSR count). The number of aliphatic hydroxyl groups is 3. The van der Waals surface area contributed by atoms with Gasteiger partial charge in [0.05, 0.1) is 48.4 Å². The molecule has 1 aliphatic heterocycles. The molecule has 19 heteroatoms. The number of hydrogen-bond donors (Lipinski definition) is 4. The van der Waals surface area contributed by atoms with E-state index in [0.29, 0.717) is 42.4 Å². The van der Waals surface area contributed by atoms with Gasteiger partial charge in [-0.2, -0.15) is 0 Å². The number of amides is 1. The molecule has 0 spiro atoms. The van der Waals surface area contributed by atoms with Crippen LogP contribution in [0.1, 0.15) is 206 Å². The summed E-state index contributed by atoms with van der Waals surface area (Å²) in [6, 6.07) is 24.1. The average Bonchev–Trinajstić information content (AvgIpc) is 0.677. The van der Waals surface area contributed by atoms with Crippen molar-refractivity contribution in [2.45, 2.75) is 240 Å². The zero-order valence-electron chi connectivity index (χ0n) is 60.6. The molecule has 3 aromatic rings. The summed E-state index contributed by atoms with van der Waals surface area (Å²) < 4.78 is 44.8. The normalized spacial score (nSPS) is 39.5. The van der Waals surface area contributed by atoms with Gasteiger partial charge in [-0.15, -0.1) is 0 Å². The second-order valence-corrected chi connectivity index (χ2v) is 33.8. The SMILES string of the molecule is CC(=O)O[C@@H]1C2=C(C)[C@@H](OCCC(=O)C(OC(=O)[C@@]3(C)CC[C@]4(C)CC[C@]5(C)C(=CC(=O)[C@@H]6[C@@]7(C)CC[C@H](OC(C)=O)C(C)(C)[C@@H]7CC[C@]65C)[C@@H]4C3)C(NC(=O)c3ccccc3)c3ccccc3)CC(O)([C@@H](OC(=O)c3ccccc3)C3[C@]4(OC(C)=O)COC4C[C@H](O)[C@@]3(C)C1O)C2(C)C. The molecule has 7 fully saturated rings. The number of Topliss-reactive ketones (excluding diaryl/α,β-unsaturated/α-hetero) is 1. The molecule has 1 heterocycles. The van der Waals surface area contributed by atoms with E-state index in [1.54, 1.807) is 107 Å². The predicted molar refractivity (Wildman–Crippen MR) is 367 cm³/mol. The topological polar surface area (TPSA) is 274 Å². The Morgan fingerprint density at radius 1 is 0.710 bits per heavy atom. The molecule has 0 radical (unpaired) electrons. The molecular formula is C81H103NO18. The van der Waals surface area contributed by atoms with Crippen molar-refractivity contribution in [1.29, 1.82) is 0 Å². The molecule has 3 aromatic carbocycles. The highest BCUT2D eigenvalue weighted by Crippen LogP contribution is 2.76. The van der Waals surface area contributed by atoms with Gasteiger partial charge in [0.15, 0.2) is 29.4 Å². The fourth-order valence-electron chi connectivity index (χ4n) is 21.9. The van der Waals surface area contributed by atoms with E-state index >= 15 is 14.4 Å². The first-order valence-corrected chi connectivity index (χ1v) is 36.1. The number of esters is 5. The number of fused-ring (bicyclic) bond motifs is 12.